The summed E-state index contributed by atoms with van der Waals surface area (Å²) in [6.45, 7) is 4.40. The second-order valence-corrected chi connectivity index (χ2v) is 3.23. The van der Waals surface area contributed by atoms with Crippen molar-refractivity contribution in [2.45, 2.75) is 58.2 Å². The van der Waals surface area contributed by atoms with E-state index in [1.54, 1.807) is 0 Å². The summed E-state index contributed by atoms with van der Waals surface area (Å²) < 4.78 is 5.30. The highest BCUT2D eigenvalue weighted by Crippen LogP contribution is 2.26. The second-order valence-electron chi connectivity index (χ2n) is 3.23. The lowest BCUT2D eigenvalue weighted by Crippen LogP contribution is -1.88. The molecule has 0 saturated carbocycles. The highest BCUT2D eigenvalue weighted by molar-refractivity contribution is 4.79. The maximum atomic E-state index is 5.30. The quantitative estimate of drug-likeness (QED) is 0.425. The molecule has 0 aromatic heterocycles. The average Bonchev–Trinajstić information content (AvgIpc) is 2.60. The van der Waals surface area contributed by atoms with E-state index in [0.717, 1.165) is 0 Å². The summed E-state index contributed by atoms with van der Waals surface area (Å²) in [5, 5.41) is 0. The van der Waals surface area contributed by atoms with E-state index < -0.39 is 0 Å². The molecule has 1 saturated heterocycles. The topological polar surface area (TPSA) is 12.5 Å². The van der Waals surface area contributed by atoms with Crippen LogP contribution >= 0.6 is 0 Å². The van der Waals surface area contributed by atoms with Gasteiger partial charge < -0.3 is 4.74 Å². The maximum absolute atomic E-state index is 5.30. The van der Waals surface area contributed by atoms with Crippen LogP contribution in [0.5, 0.6) is 0 Å². The van der Waals surface area contributed by atoms with Crippen molar-refractivity contribution in [3.05, 3.63) is 0 Å². The zero-order valence-electron chi connectivity index (χ0n) is 7.10. The lowest BCUT2D eigenvalue weighted by Gasteiger charge is -1.94. The molecule has 0 aromatic rings. The van der Waals surface area contributed by atoms with E-state index in [2.05, 4.69) is 13.8 Å². The Kier molecular flexibility index (Phi) is 3.20. The van der Waals surface area contributed by atoms with Crippen molar-refractivity contribution in [2.75, 3.05) is 0 Å². The predicted molar refractivity (Wildman–Crippen MR) is 43.1 cm³/mol. The van der Waals surface area contributed by atoms with Gasteiger partial charge in [0.05, 0.1) is 12.2 Å². The Morgan fingerprint density at radius 3 is 2.40 bits per heavy atom. The molecule has 0 N–H and O–H groups in total. The Labute approximate surface area is 63.8 Å². The first-order chi connectivity index (χ1) is 4.84. The molecule has 10 heavy (non-hydrogen) atoms. The van der Waals surface area contributed by atoms with Crippen LogP contribution in [0.2, 0.25) is 0 Å². The van der Waals surface area contributed by atoms with Gasteiger partial charge in [-0.3, -0.25) is 0 Å². The van der Waals surface area contributed by atoms with Crippen LogP contribution in [0.3, 0.4) is 0 Å². The minimum Gasteiger partial charge on any atom is -0.370 e. The van der Waals surface area contributed by atoms with Crippen LogP contribution < -0.4 is 0 Å². The molecule has 0 aromatic carbocycles. The third-order valence-electron chi connectivity index (χ3n) is 2.18. The van der Waals surface area contributed by atoms with Gasteiger partial charge in [-0.1, -0.05) is 32.6 Å². The zero-order chi connectivity index (χ0) is 7.40. The highest BCUT2D eigenvalue weighted by atomic mass is 16.6. The Morgan fingerprint density at radius 1 is 1.20 bits per heavy atom. The summed E-state index contributed by atoms with van der Waals surface area (Å²) in [5.41, 5.74) is 0. The minimum atomic E-state index is 0.571. The first-order valence-corrected chi connectivity index (χ1v) is 4.50. The van der Waals surface area contributed by atoms with E-state index in [-0.39, 0.29) is 0 Å². The summed E-state index contributed by atoms with van der Waals surface area (Å²) in [6, 6.07) is 0. The average molecular weight is 142 g/mol. The Balaban J connectivity index is 1.78. The number of epoxide rings is 1. The van der Waals surface area contributed by atoms with Crippen molar-refractivity contribution in [1.29, 1.82) is 0 Å². The molecule has 0 unspecified atom stereocenters. The molecule has 0 bridgehead atoms. The van der Waals surface area contributed by atoms with Gasteiger partial charge >= 0.3 is 0 Å². The van der Waals surface area contributed by atoms with Crippen LogP contribution in [0, 0.1) is 0 Å². The van der Waals surface area contributed by atoms with Crippen LogP contribution in [-0.4, -0.2) is 12.2 Å². The lowest BCUT2D eigenvalue weighted by molar-refractivity contribution is 0.365. The van der Waals surface area contributed by atoms with E-state index >= 15 is 0 Å². The molecule has 1 aliphatic heterocycles. The Bertz CT molecular complexity index is 90.7. The highest BCUT2D eigenvalue weighted by Gasteiger charge is 2.32. The van der Waals surface area contributed by atoms with Crippen molar-refractivity contribution in [1.82, 2.24) is 0 Å². The molecule has 2 atom stereocenters. The van der Waals surface area contributed by atoms with E-state index in [4.69, 9.17) is 4.74 Å². The maximum Gasteiger partial charge on any atom is 0.0839 e. The van der Waals surface area contributed by atoms with Crippen LogP contribution in [0.15, 0.2) is 0 Å². The molecular formula is C9H18O. The Hall–Kier alpha value is -0.0400. The van der Waals surface area contributed by atoms with Crippen LogP contribution in [0.4, 0.5) is 0 Å². The number of ether oxygens (including phenoxy) is 1. The first-order valence-electron chi connectivity index (χ1n) is 4.50. The van der Waals surface area contributed by atoms with Gasteiger partial charge in [-0.05, 0) is 13.3 Å². The van der Waals surface area contributed by atoms with Crippen molar-refractivity contribution in [2.24, 2.45) is 0 Å². The molecule has 1 rings (SSSR count). The fourth-order valence-corrected chi connectivity index (χ4v) is 1.31. The van der Waals surface area contributed by atoms with Gasteiger partial charge in [0.25, 0.3) is 0 Å². The van der Waals surface area contributed by atoms with E-state index in [9.17, 15) is 0 Å². The molecule has 0 radical (unpaired) electrons. The van der Waals surface area contributed by atoms with Crippen molar-refractivity contribution < 1.29 is 4.74 Å². The number of hydrogen-bond acceptors (Lipinski definition) is 1. The lowest BCUT2D eigenvalue weighted by atomic mass is 10.1. The number of hydrogen-bond donors (Lipinski definition) is 0. The monoisotopic (exact) mass is 142 g/mol. The molecule has 1 nitrogen and oxygen atoms in total. The SMILES string of the molecule is CCCCCC[C@H]1O[C@H]1C. The second kappa shape index (κ2) is 3.97. The van der Waals surface area contributed by atoms with E-state index in [0.29, 0.717) is 12.2 Å². The van der Waals surface area contributed by atoms with Gasteiger partial charge in [-0.2, -0.15) is 0 Å². The van der Waals surface area contributed by atoms with Gasteiger partial charge in [0, 0.05) is 0 Å². The smallest absolute Gasteiger partial charge is 0.0839 e. The van der Waals surface area contributed by atoms with Gasteiger partial charge in [-0.15, -0.1) is 0 Å². The molecule has 0 aliphatic carbocycles. The van der Waals surface area contributed by atoms with Crippen molar-refractivity contribution in [3.63, 3.8) is 0 Å². The molecule has 0 amide bonds. The van der Waals surface area contributed by atoms with Crippen LogP contribution in [0.25, 0.3) is 0 Å². The fraction of sp³-hybridized carbons (Fsp3) is 1.00. The van der Waals surface area contributed by atoms with Crippen LogP contribution in [0.1, 0.15) is 46.0 Å². The molecule has 60 valence electrons. The third-order valence-corrected chi connectivity index (χ3v) is 2.18. The standard InChI is InChI=1S/C9H18O/c1-3-4-5-6-7-9-8(2)10-9/h8-9H,3-7H2,1-2H3/t8-,9+/m0/s1. The molecular weight excluding hydrogens is 124 g/mol. The van der Waals surface area contributed by atoms with Crippen LogP contribution in [-0.2, 0) is 4.74 Å². The van der Waals surface area contributed by atoms with Gasteiger partial charge in [-0.25, -0.2) is 0 Å². The predicted octanol–water partition coefficient (Wildman–Crippen LogP) is 2.74. The molecule has 0 spiro atoms. The van der Waals surface area contributed by atoms with Crippen molar-refractivity contribution >= 4 is 0 Å². The summed E-state index contributed by atoms with van der Waals surface area (Å²) in [4.78, 5) is 0. The van der Waals surface area contributed by atoms with E-state index in [1.165, 1.54) is 32.1 Å². The number of rotatable bonds is 5. The number of unbranched alkanes of at least 4 members (excludes halogenated alkanes) is 3. The van der Waals surface area contributed by atoms with Gasteiger partial charge in [0.1, 0.15) is 0 Å². The molecule has 1 aliphatic rings. The van der Waals surface area contributed by atoms with Gasteiger partial charge in [0.15, 0.2) is 0 Å². The molecule has 1 heteroatoms. The summed E-state index contributed by atoms with van der Waals surface area (Å²) >= 11 is 0. The van der Waals surface area contributed by atoms with Crippen molar-refractivity contribution in [3.8, 4) is 0 Å². The third kappa shape index (κ3) is 2.70. The normalized spacial score (nSPS) is 30.6. The minimum absolute atomic E-state index is 0.571. The molecule has 1 heterocycles. The van der Waals surface area contributed by atoms with Gasteiger partial charge in [0.2, 0.25) is 0 Å². The Morgan fingerprint density at radius 2 is 1.90 bits per heavy atom. The summed E-state index contributed by atoms with van der Waals surface area (Å²) in [6.07, 6.45) is 7.97. The largest absolute Gasteiger partial charge is 0.370 e. The summed E-state index contributed by atoms with van der Waals surface area (Å²) in [7, 11) is 0. The fourth-order valence-electron chi connectivity index (χ4n) is 1.31. The zero-order valence-corrected chi connectivity index (χ0v) is 7.10. The van der Waals surface area contributed by atoms with E-state index in [1.807, 2.05) is 0 Å². The first kappa shape index (κ1) is 8.06. The summed E-state index contributed by atoms with van der Waals surface area (Å²) in [5.74, 6) is 0. The molecule has 1 fully saturated rings.